The number of aromatic amines is 1. The van der Waals surface area contributed by atoms with Crippen molar-refractivity contribution < 1.29 is 14.3 Å². The second-order valence-corrected chi connectivity index (χ2v) is 6.66. The second kappa shape index (κ2) is 7.59. The van der Waals surface area contributed by atoms with Crippen molar-refractivity contribution in [3.05, 3.63) is 83.4 Å². The fourth-order valence-corrected chi connectivity index (χ4v) is 3.11. The quantitative estimate of drug-likeness (QED) is 0.504. The first-order chi connectivity index (χ1) is 14.0. The van der Waals surface area contributed by atoms with Crippen molar-refractivity contribution in [3.8, 4) is 11.4 Å². The normalized spacial score (nSPS) is 10.7. The Morgan fingerprint density at radius 3 is 2.48 bits per heavy atom. The summed E-state index contributed by atoms with van der Waals surface area (Å²) in [4.78, 5) is 32.3. The zero-order chi connectivity index (χ0) is 20.4. The third-order valence-electron chi connectivity index (χ3n) is 4.71. The molecule has 29 heavy (non-hydrogen) atoms. The summed E-state index contributed by atoms with van der Waals surface area (Å²) in [5.41, 5.74) is 4.98. The SMILES string of the molecule is COC(=O)c1ccc(C)c(C(=O)Nc2ccc(-c3nc4ccccc4[nH]3)cc2)c1. The number of carbonyl (C=O) groups excluding carboxylic acids is 2. The lowest BCUT2D eigenvalue weighted by atomic mass is 10.0. The van der Waals surface area contributed by atoms with Crippen molar-refractivity contribution >= 4 is 28.6 Å². The number of amides is 1. The van der Waals surface area contributed by atoms with Gasteiger partial charge in [-0.25, -0.2) is 9.78 Å². The number of H-pyrrole nitrogens is 1. The first-order valence-corrected chi connectivity index (χ1v) is 9.10. The minimum atomic E-state index is -0.478. The van der Waals surface area contributed by atoms with E-state index in [1.165, 1.54) is 7.11 Å². The van der Waals surface area contributed by atoms with Crippen LogP contribution in [0.3, 0.4) is 0 Å². The van der Waals surface area contributed by atoms with Crippen molar-refractivity contribution in [1.82, 2.24) is 9.97 Å². The Kier molecular flexibility index (Phi) is 4.83. The summed E-state index contributed by atoms with van der Waals surface area (Å²) in [6.45, 7) is 1.82. The van der Waals surface area contributed by atoms with Crippen molar-refractivity contribution in [1.29, 1.82) is 0 Å². The van der Waals surface area contributed by atoms with Crippen molar-refractivity contribution in [2.24, 2.45) is 0 Å². The Bertz CT molecular complexity index is 1180. The van der Waals surface area contributed by atoms with Crippen LogP contribution in [-0.2, 0) is 4.74 Å². The van der Waals surface area contributed by atoms with Gasteiger partial charge in [0.05, 0.1) is 23.7 Å². The molecule has 0 aliphatic carbocycles. The summed E-state index contributed by atoms with van der Waals surface area (Å²) in [6.07, 6.45) is 0. The number of carbonyl (C=O) groups is 2. The van der Waals surface area contributed by atoms with E-state index >= 15 is 0 Å². The van der Waals surface area contributed by atoms with E-state index < -0.39 is 5.97 Å². The number of para-hydroxylation sites is 2. The van der Waals surface area contributed by atoms with Gasteiger partial charge in [0.1, 0.15) is 5.82 Å². The van der Waals surface area contributed by atoms with Crippen LogP contribution in [0.4, 0.5) is 5.69 Å². The van der Waals surface area contributed by atoms with E-state index in [2.05, 4.69) is 15.3 Å². The summed E-state index contributed by atoms with van der Waals surface area (Å²) < 4.78 is 4.73. The number of hydrogen-bond acceptors (Lipinski definition) is 4. The minimum absolute atomic E-state index is 0.287. The Balaban J connectivity index is 1.54. The number of anilines is 1. The monoisotopic (exact) mass is 385 g/mol. The van der Waals surface area contributed by atoms with Gasteiger partial charge in [-0.15, -0.1) is 0 Å². The van der Waals surface area contributed by atoms with Crippen molar-refractivity contribution in [3.63, 3.8) is 0 Å². The molecule has 1 aromatic heterocycles. The number of aryl methyl sites for hydroxylation is 1. The van der Waals surface area contributed by atoms with Gasteiger partial charge in [0, 0.05) is 16.8 Å². The van der Waals surface area contributed by atoms with Crippen molar-refractivity contribution in [2.45, 2.75) is 6.92 Å². The van der Waals surface area contributed by atoms with Gasteiger partial charge in [0.25, 0.3) is 5.91 Å². The molecule has 0 saturated heterocycles. The van der Waals surface area contributed by atoms with Crippen LogP contribution >= 0.6 is 0 Å². The summed E-state index contributed by atoms with van der Waals surface area (Å²) in [7, 11) is 1.31. The zero-order valence-electron chi connectivity index (χ0n) is 16.0. The predicted molar refractivity (Wildman–Crippen MR) is 112 cm³/mol. The zero-order valence-corrected chi connectivity index (χ0v) is 16.0. The molecule has 6 nitrogen and oxygen atoms in total. The molecule has 0 aliphatic rings. The molecule has 144 valence electrons. The van der Waals surface area contributed by atoms with Crippen LogP contribution in [0.5, 0.6) is 0 Å². The molecule has 0 atom stereocenters. The van der Waals surface area contributed by atoms with E-state index in [1.807, 2.05) is 55.5 Å². The smallest absolute Gasteiger partial charge is 0.337 e. The van der Waals surface area contributed by atoms with Crippen molar-refractivity contribution in [2.75, 3.05) is 12.4 Å². The molecule has 0 aliphatic heterocycles. The van der Waals surface area contributed by atoms with Gasteiger partial charge in [-0.3, -0.25) is 4.79 Å². The number of nitrogens with zero attached hydrogens (tertiary/aromatic N) is 1. The third-order valence-corrected chi connectivity index (χ3v) is 4.71. The maximum Gasteiger partial charge on any atom is 0.337 e. The first kappa shape index (κ1) is 18.4. The number of ether oxygens (including phenoxy) is 1. The van der Waals surface area contributed by atoms with E-state index in [4.69, 9.17) is 4.74 Å². The van der Waals surface area contributed by atoms with E-state index in [0.717, 1.165) is 28.0 Å². The fourth-order valence-electron chi connectivity index (χ4n) is 3.11. The number of hydrogen-bond donors (Lipinski definition) is 2. The molecule has 4 aromatic rings. The highest BCUT2D eigenvalue weighted by atomic mass is 16.5. The van der Waals surface area contributed by atoms with Crippen LogP contribution in [0.1, 0.15) is 26.3 Å². The molecule has 0 unspecified atom stereocenters. The van der Waals surface area contributed by atoms with Gasteiger partial charge in [-0.1, -0.05) is 18.2 Å². The van der Waals surface area contributed by atoms with Crippen LogP contribution in [0.25, 0.3) is 22.4 Å². The van der Waals surface area contributed by atoms with Crippen LogP contribution in [0.2, 0.25) is 0 Å². The van der Waals surface area contributed by atoms with Gasteiger partial charge in [0.2, 0.25) is 0 Å². The molecular formula is C23H19N3O3. The standard InChI is InChI=1S/C23H19N3O3/c1-14-7-8-16(23(28)29-2)13-18(14)22(27)24-17-11-9-15(10-12-17)21-25-19-5-3-4-6-20(19)26-21/h3-13H,1-2H3,(H,24,27)(H,25,26). The van der Waals surface area contributed by atoms with Crippen LogP contribution in [0.15, 0.2) is 66.7 Å². The number of rotatable bonds is 4. The Morgan fingerprint density at radius 1 is 1.00 bits per heavy atom. The first-order valence-electron chi connectivity index (χ1n) is 9.10. The lowest BCUT2D eigenvalue weighted by Gasteiger charge is -2.10. The van der Waals surface area contributed by atoms with Gasteiger partial charge in [0.15, 0.2) is 0 Å². The minimum Gasteiger partial charge on any atom is -0.465 e. The summed E-state index contributed by atoms with van der Waals surface area (Å²) in [5, 5.41) is 2.87. The number of aromatic nitrogens is 2. The molecule has 3 aromatic carbocycles. The van der Waals surface area contributed by atoms with E-state index in [0.29, 0.717) is 16.8 Å². The third kappa shape index (κ3) is 3.73. The van der Waals surface area contributed by atoms with Gasteiger partial charge in [-0.2, -0.15) is 0 Å². The fraction of sp³-hybridized carbons (Fsp3) is 0.0870. The molecule has 1 heterocycles. The predicted octanol–water partition coefficient (Wildman–Crippen LogP) is 4.58. The lowest BCUT2D eigenvalue weighted by Crippen LogP contribution is -2.14. The number of benzene rings is 3. The molecule has 4 rings (SSSR count). The molecule has 0 fully saturated rings. The number of methoxy groups -OCH3 is 1. The molecule has 0 saturated carbocycles. The molecule has 2 N–H and O–H groups in total. The highest BCUT2D eigenvalue weighted by Crippen LogP contribution is 2.22. The summed E-state index contributed by atoms with van der Waals surface area (Å²) in [6, 6.07) is 20.2. The Hall–Kier alpha value is -3.93. The number of imidazole rings is 1. The molecule has 0 radical (unpaired) electrons. The lowest BCUT2D eigenvalue weighted by molar-refractivity contribution is 0.0600. The molecule has 6 heteroatoms. The van der Waals surface area contributed by atoms with E-state index in [-0.39, 0.29) is 5.91 Å². The maximum absolute atomic E-state index is 12.7. The number of fused-ring (bicyclic) bond motifs is 1. The largest absolute Gasteiger partial charge is 0.465 e. The number of esters is 1. The molecule has 0 bridgehead atoms. The van der Waals surface area contributed by atoms with E-state index in [9.17, 15) is 9.59 Å². The summed E-state index contributed by atoms with van der Waals surface area (Å²) >= 11 is 0. The van der Waals surface area contributed by atoms with Crippen LogP contribution in [-0.4, -0.2) is 29.0 Å². The molecular weight excluding hydrogens is 366 g/mol. The highest BCUT2D eigenvalue weighted by molar-refractivity contribution is 6.06. The average Bonchev–Trinajstić information content (AvgIpc) is 3.18. The molecule has 1 amide bonds. The average molecular weight is 385 g/mol. The Morgan fingerprint density at radius 2 is 1.76 bits per heavy atom. The topological polar surface area (TPSA) is 84.1 Å². The highest BCUT2D eigenvalue weighted by Gasteiger charge is 2.14. The van der Waals surface area contributed by atoms with Crippen LogP contribution < -0.4 is 5.32 Å². The van der Waals surface area contributed by atoms with E-state index in [1.54, 1.807) is 18.2 Å². The number of nitrogens with one attached hydrogen (secondary N) is 2. The Labute approximate surface area is 167 Å². The summed E-state index contributed by atoms with van der Waals surface area (Å²) in [5.74, 6) is 0.00433. The van der Waals surface area contributed by atoms with Crippen LogP contribution in [0, 0.1) is 6.92 Å². The van der Waals surface area contributed by atoms with Gasteiger partial charge >= 0.3 is 5.97 Å². The maximum atomic E-state index is 12.7. The van der Waals surface area contributed by atoms with Gasteiger partial charge in [-0.05, 0) is 61.0 Å². The van der Waals surface area contributed by atoms with Gasteiger partial charge < -0.3 is 15.0 Å². The molecule has 0 spiro atoms. The second-order valence-electron chi connectivity index (χ2n) is 6.66.